The van der Waals surface area contributed by atoms with Crippen LogP contribution in [-0.2, 0) is 0 Å². The van der Waals surface area contributed by atoms with E-state index < -0.39 is 0 Å². The molecule has 0 aliphatic carbocycles. The zero-order valence-corrected chi connectivity index (χ0v) is 11.7. The van der Waals surface area contributed by atoms with Crippen LogP contribution in [0.3, 0.4) is 0 Å². The van der Waals surface area contributed by atoms with Crippen LogP contribution in [-0.4, -0.2) is 15.0 Å². The zero-order valence-electron chi connectivity index (χ0n) is 11.7. The molecule has 0 bridgehead atoms. The highest BCUT2D eigenvalue weighted by Gasteiger charge is 2.09. The summed E-state index contributed by atoms with van der Waals surface area (Å²) in [7, 11) is 0. The van der Waals surface area contributed by atoms with Gasteiger partial charge in [0.25, 0.3) is 0 Å². The van der Waals surface area contributed by atoms with Gasteiger partial charge in [0, 0.05) is 24.2 Å². The van der Waals surface area contributed by atoms with Crippen molar-refractivity contribution in [2.75, 3.05) is 0 Å². The van der Waals surface area contributed by atoms with E-state index in [1.165, 1.54) is 0 Å². The van der Waals surface area contributed by atoms with Gasteiger partial charge in [-0.3, -0.25) is 15.0 Å². The Bertz CT molecular complexity index is 578. The lowest BCUT2D eigenvalue weighted by atomic mass is 10.1. The maximum atomic E-state index is 4.42. The lowest BCUT2D eigenvalue weighted by molar-refractivity contribution is 1.23. The van der Waals surface area contributed by atoms with E-state index in [0.717, 1.165) is 22.6 Å². The molecule has 3 nitrogen and oxygen atoms in total. The van der Waals surface area contributed by atoms with E-state index in [0.29, 0.717) is 0 Å². The molecule has 0 atom stereocenters. The van der Waals surface area contributed by atoms with Gasteiger partial charge in [0.2, 0.25) is 0 Å². The third kappa shape index (κ3) is 3.06. The maximum absolute atomic E-state index is 4.42. The molecule has 0 N–H and O–H groups in total. The Balaban J connectivity index is 0.000000704. The number of aromatic nitrogens is 3. The molecular formula is C17H17N3. The first kappa shape index (κ1) is 13.9. The van der Waals surface area contributed by atoms with Crippen molar-refractivity contribution >= 4 is 0 Å². The molecule has 20 heavy (non-hydrogen) atoms. The summed E-state index contributed by atoms with van der Waals surface area (Å²) in [5, 5.41) is 0. The van der Waals surface area contributed by atoms with Crippen molar-refractivity contribution in [1.82, 2.24) is 15.0 Å². The Hall–Kier alpha value is -2.55. The van der Waals surface area contributed by atoms with Gasteiger partial charge in [-0.25, -0.2) is 0 Å². The Morgan fingerprint density at radius 1 is 0.600 bits per heavy atom. The highest BCUT2D eigenvalue weighted by molar-refractivity contribution is 5.76. The molecule has 0 saturated heterocycles. The summed E-state index contributed by atoms with van der Waals surface area (Å²) in [6, 6.07) is 15.6. The molecule has 0 radical (unpaired) electrons. The molecule has 100 valence electrons. The topological polar surface area (TPSA) is 38.7 Å². The smallest absolute Gasteiger partial charge is 0.0980 e. The number of nitrogens with zero attached hydrogens (tertiary/aromatic N) is 3. The molecule has 0 fully saturated rings. The van der Waals surface area contributed by atoms with E-state index >= 15 is 0 Å². The molecule has 3 heteroatoms. The first-order chi connectivity index (χ1) is 9.95. The third-order valence-corrected chi connectivity index (χ3v) is 2.66. The largest absolute Gasteiger partial charge is 0.256 e. The number of hydrogen-bond donors (Lipinski definition) is 0. The minimum Gasteiger partial charge on any atom is -0.256 e. The van der Waals surface area contributed by atoms with Gasteiger partial charge in [-0.1, -0.05) is 26.0 Å². The summed E-state index contributed by atoms with van der Waals surface area (Å²) in [5.74, 6) is 0. The van der Waals surface area contributed by atoms with Gasteiger partial charge < -0.3 is 0 Å². The number of hydrogen-bond acceptors (Lipinski definition) is 3. The minimum atomic E-state index is 0.858. The number of pyridine rings is 3. The van der Waals surface area contributed by atoms with Gasteiger partial charge in [0.05, 0.1) is 17.1 Å². The monoisotopic (exact) mass is 263 g/mol. The molecule has 0 saturated carbocycles. The van der Waals surface area contributed by atoms with Crippen LogP contribution in [0, 0.1) is 0 Å². The van der Waals surface area contributed by atoms with Gasteiger partial charge in [0.15, 0.2) is 0 Å². The summed E-state index contributed by atoms with van der Waals surface area (Å²) < 4.78 is 0. The van der Waals surface area contributed by atoms with Gasteiger partial charge in [-0.2, -0.15) is 0 Å². The summed E-state index contributed by atoms with van der Waals surface area (Å²) in [6.07, 6.45) is 5.33. The SMILES string of the molecule is CC.c1ccc(-c2cccnc2-c2ccccn2)nc1. The van der Waals surface area contributed by atoms with E-state index in [2.05, 4.69) is 15.0 Å². The van der Waals surface area contributed by atoms with Gasteiger partial charge in [-0.15, -0.1) is 0 Å². The molecule has 0 amide bonds. The third-order valence-electron chi connectivity index (χ3n) is 2.66. The van der Waals surface area contributed by atoms with Gasteiger partial charge in [-0.05, 0) is 36.4 Å². The standard InChI is InChI=1S/C15H11N3.C2H6/c1-3-9-16-13(7-1)12-6-5-11-18-15(12)14-8-2-4-10-17-14;1-2/h1-11H;1-2H3. The van der Waals surface area contributed by atoms with Crippen molar-refractivity contribution in [3.05, 3.63) is 67.1 Å². The van der Waals surface area contributed by atoms with Crippen LogP contribution in [0.25, 0.3) is 22.6 Å². The van der Waals surface area contributed by atoms with Gasteiger partial charge >= 0.3 is 0 Å². The van der Waals surface area contributed by atoms with Crippen molar-refractivity contribution in [2.45, 2.75) is 13.8 Å². The van der Waals surface area contributed by atoms with Crippen LogP contribution in [0.1, 0.15) is 13.8 Å². The second-order valence-corrected chi connectivity index (χ2v) is 3.83. The summed E-state index contributed by atoms with van der Waals surface area (Å²) in [4.78, 5) is 13.1. The van der Waals surface area contributed by atoms with E-state index in [1.54, 1.807) is 18.6 Å². The minimum absolute atomic E-state index is 0.858. The molecule has 3 aromatic rings. The molecule has 0 unspecified atom stereocenters. The zero-order chi connectivity index (χ0) is 14.2. The van der Waals surface area contributed by atoms with Gasteiger partial charge in [0.1, 0.15) is 0 Å². The average molecular weight is 263 g/mol. The normalized spacial score (nSPS) is 9.50. The second kappa shape index (κ2) is 7.14. The van der Waals surface area contributed by atoms with Crippen LogP contribution >= 0.6 is 0 Å². The molecule has 0 aromatic carbocycles. The van der Waals surface area contributed by atoms with E-state index in [9.17, 15) is 0 Å². The number of rotatable bonds is 2. The predicted octanol–water partition coefficient (Wildman–Crippen LogP) is 4.23. The van der Waals surface area contributed by atoms with Crippen LogP contribution < -0.4 is 0 Å². The Labute approximate surface area is 119 Å². The van der Waals surface area contributed by atoms with Crippen molar-refractivity contribution in [3.63, 3.8) is 0 Å². The van der Waals surface area contributed by atoms with Crippen molar-refractivity contribution in [3.8, 4) is 22.6 Å². The maximum Gasteiger partial charge on any atom is 0.0980 e. The quantitative estimate of drug-likeness (QED) is 0.694. The van der Waals surface area contributed by atoms with Crippen LogP contribution in [0.2, 0.25) is 0 Å². The molecule has 3 aromatic heterocycles. The van der Waals surface area contributed by atoms with Crippen molar-refractivity contribution in [2.24, 2.45) is 0 Å². The molecule has 3 heterocycles. The Kier molecular flexibility index (Phi) is 4.95. The van der Waals surface area contributed by atoms with E-state index in [1.807, 2.05) is 62.4 Å². The Morgan fingerprint density at radius 3 is 1.80 bits per heavy atom. The highest BCUT2D eigenvalue weighted by atomic mass is 14.8. The van der Waals surface area contributed by atoms with Crippen LogP contribution in [0.4, 0.5) is 0 Å². The van der Waals surface area contributed by atoms with E-state index in [-0.39, 0.29) is 0 Å². The highest BCUT2D eigenvalue weighted by Crippen LogP contribution is 2.26. The second-order valence-electron chi connectivity index (χ2n) is 3.83. The molecule has 0 spiro atoms. The molecule has 0 aliphatic heterocycles. The average Bonchev–Trinajstić information content (AvgIpc) is 2.58. The lowest BCUT2D eigenvalue weighted by Gasteiger charge is -2.06. The lowest BCUT2D eigenvalue weighted by Crippen LogP contribution is -1.92. The van der Waals surface area contributed by atoms with Crippen molar-refractivity contribution < 1.29 is 0 Å². The van der Waals surface area contributed by atoms with Crippen LogP contribution in [0.15, 0.2) is 67.1 Å². The fraction of sp³-hybridized carbons (Fsp3) is 0.118. The van der Waals surface area contributed by atoms with Crippen LogP contribution in [0.5, 0.6) is 0 Å². The molecular weight excluding hydrogens is 246 g/mol. The molecule has 3 rings (SSSR count). The van der Waals surface area contributed by atoms with E-state index in [4.69, 9.17) is 0 Å². The summed E-state index contributed by atoms with van der Waals surface area (Å²) >= 11 is 0. The predicted molar refractivity (Wildman–Crippen MR) is 82.0 cm³/mol. The summed E-state index contributed by atoms with van der Waals surface area (Å²) in [6.45, 7) is 4.00. The first-order valence-corrected chi connectivity index (χ1v) is 6.73. The first-order valence-electron chi connectivity index (χ1n) is 6.73. The summed E-state index contributed by atoms with van der Waals surface area (Å²) in [5.41, 5.74) is 3.62. The Morgan fingerprint density at radius 2 is 1.20 bits per heavy atom. The van der Waals surface area contributed by atoms with Crippen molar-refractivity contribution in [1.29, 1.82) is 0 Å². The fourth-order valence-electron chi connectivity index (χ4n) is 1.84. The molecule has 0 aliphatic rings. The fourth-order valence-corrected chi connectivity index (χ4v) is 1.84.